The summed E-state index contributed by atoms with van der Waals surface area (Å²) in [6.45, 7) is 6.18. The average Bonchev–Trinajstić information content (AvgIpc) is 3.22. The van der Waals surface area contributed by atoms with Gasteiger partial charge in [-0.3, -0.25) is 4.79 Å². The van der Waals surface area contributed by atoms with E-state index in [-0.39, 0.29) is 11.9 Å². The number of amides is 1. The lowest BCUT2D eigenvalue weighted by molar-refractivity contribution is -0.123. The fourth-order valence-corrected chi connectivity index (χ4v) is 4.68. The Bertz CT molecular complexity index is 787. The number of likely N-dealkylation sites (tertiary alicyclic amines) is 1. The number of hydrogen-bond donors (Lipinski definition) is 1. The largest absolute Gasteiger partial charge is 0.385 e. The molecule has 3 fully saturated rings. The highest BCUT2D eigenvalue weighted by atomic mass is 16.7. The van der Waals surface area contributed by atoms with Gasteiger partial charge in [-0.05, 0) is 57.1 Å². The summed E-state index contributed by atoms with van der Waals surface area (Å²) in [5, 5.41) is 8.05. The van der Waals surface area contributed by atoms with Crippen LogP contribution in [0.2, 0.25) is 0 Å². The quantitative estimate of drug-likeness (QED) is 0.809. The molecule has 0 bridgehead atoms. The van der Waals surface area contributed by atoms with Gasteiger partial charge in [-0.15, -0.1) is 0 Å². The molecule has 0 aromatic carbocycles. The number of oxime groups is 1. The van der Waals surface area contributed by atoms with Crippen molar-refractivity contribution in [2.75, 3.05) is 37.6 Å². The predicted molar refractivity (Wildman–Crippen MR) is 110 cm³/mol. The van der Waals surface area contributed by atoms with Gasteiger partial charge < -0.3 is 20.0 Å². The molecule has 29 heavy (non-hydrogen) atoms. The zero-order valence-corrected chi connectivity index (χ0v) is 17.1. The molecule has 1 spiro atoms. The Morgan fingerprint density at radius 2 is 1.97 bits per heavy atom. The maximum atomic E-state index is 12.9. The SMILES string of the molecule is Cc1cnc(N2CC[C@H](NCC3CC3)[C@]3(CC(C(=O)N4CCCC4)=NO3)C2)nc1. The van der Waals surface area contributed by atoms with Crippen LogP contribution in [-0.4, -0.2) is 70.9 Å². The summed E-state index contributed by atoms with van der Waals surface area (Å²) in [5.41, 5.74) is 1.08. The summed E-state index contributed by atoms with van der Waals surface area (Å²) in [4.78, 5) is 32.1. The molecular weight excluding hydrogens is 368 g/mol. The maximum Gasteiger partial charge on any atom is 0.271 e. The number of hydrogen-bond acceptors (Lipinski definition) is 7. The van der Waals surface area contributed by atoms with Crippen molar-refractivity contribution in [1.82, 2.24) is 20.2 Å². The van der Waals surface area contributed by atoms with E-state index in [9.17, 15) is 4.79 Å². The van der Waals surface area contributed by atoms with Crippen LogP contribution in [0, 0.1) is 12.8 Å². The molecule has 1 aromatic rings. The molecule has 4 heterocycles. The summed E-state index contributed by atoms with van der Waals surface area (Å²) in [5.74, 6) is 1.56. The molecular formula is C21H30N6O2. The summed E-state index contributed by atoms with van der Waals surface area (Å²) in [6, 6.07) is 0.178. The van der Waals surface area contributed by atoms with Crippen molar-refractivity contribution in [1.29, 1.82) is 0 Å². The molecule has 1 aromatic heterocycles. The molecule has 156 valence electrons. The fraction of sp³-hybridized carbons (Fsp3) is 0.714. The number of anilines is 1. The van der Waals surface area contributed by atoms with E-state index in [1.807, 2.05) is 24.2 Å². The first kappa shape index (κ1) is 18.8. The normalized spacial score (nSPS) is 29.3. The third-order valence-corrected chi connectivity index (χ3v) is 6.63. The zero-order chi connectivity index (χ0) is 19.8. The molecule has 1 N–H and O–H groups in total. The van der Waals surface area contributed by atoms with E-state index in [0.717, 1.165) is 62.9 Å². The molecule has 8 nitrogen and oxygen atoms in total. The summed E-state index contributed by atoms with van der Waals surface area (Å²) >= 11 is 0. The van der Waals surface area contributed by atoms with Crippen molar-refractivity contribution in [2.24, 2.45) is 11.1 Å². The molecule has 5 rings (SSSR count). The van der Waals surface area contributed by atoms with Crippen molar-refractivity contribution < 1.29 is 9.63 Å². The second-order valence-corrected chi connectivity index (χ2v) is 9.04. The van der Waals surface area contributed by atoms with Gasteiger partial charge in [0.15, 0.2) is 5.60 Å². The lowest BCUT2D eigenvalue weighted by Gasteiger charge is -2.44. The third kappa shape index (κ3) is 3.82. The smallest absolute Gasteiger partial charge is 0.271 e. The van der Waals surface area contributed by atoms with E-state index in [2.05, 4.69) is 25.3 Å². The van der Waals surface area contributed by atoms with E-state index in [1.54, 1.807) is 0 Å². The predicted octanol–water partition coefficient (Wildman–Crippen LogP) is 1.50. The Kier molecular flexibility index (Phi) is 4.89. The molecule has 1 amide bonds. The molecule has 0 unspecified atom stereocenters. The van der Waals surface area contributed by atoms with E-state index in [0.29, 0.717) is 18.7 Å². The Morgan fingerprint density at radius 1 is 1.21 bits per heavy atom. The first-order valence-corrected chi connectivity index (χ1v) is 10.9. The summed E-state index contributed by atoms with van der Waals surface area (Å²) in [7, 11) is 0. The first-order valence-electron chi connectivity index (χ1n) is 10.9. The average molecular weight is 399 g/mol. The molecule has 0 radical (unpaired) electrons. The van der Waals surface area contributed by atoms with E-state index >= 15 is 0 Å². The van der Waals surface area contributed by atoms with E-state index in [1.165, 1.54) is 12.8 Å². The van der Waals surface area contributed by atoms with Crippen molar-refractivity contribution in [3.8, 4) is 0 Å². The molecule has 1 saturated carbocycles. The number of nitrogens with one attached hydrogen (secondary N) is 1. The lowest BCUT2D eigenvalue weighted by Crippen LogP contribution is -2.62. The van der Waals surface area contributed by atoms with Gasteiger partial charge in [-0.2, -0.15) is 0 Å². The Labute approximate surface area is 171 Å². The number of carbonyl (C=O) groups is 1. The number of piperidine rings is 1. The summed E-state index contributed by atoms with van der Waals surface area (Å²) in [6.07, 6.45) is 9.95. The van der Waals surface area contributed by atoms with E-state index in [4.69, 9.17) is 4.84 Å². The highest BCUT2D eigenvalue weighted by Crippen LogP contribution is 2.36. The van der Waals surface area contributed by atoms with Gasteiger partial charge in [-0.25, -0.2) is 9.97 Å². The molecule has 3 aliphatic heterocycles. The summed E-state index contributed by atoms with van der Waals surface area (Å²) < 4.78 is 0. The van der Waals surface area contributed by atoms with Crippen LogP contribution in [-0.2, 0) is 9.63 Å². The van der Waals surface area contributed by atoms with Crippen LogP contribution in [0.4, 0.5) is 5.95 Å². The van der Waals surface area contributed by atoms with Crippen LogP contribution in [0.15, 0.2) is 17.5 Å². The molecule has 2 saturated heterocycles. The topological polar surface area (TPSA) is 83.0 Å². The van der Waals surface area contributed by atoms with Gasteiger partial charge in [0.1, 0.15) is 5.71 Å². The van der Waals surface area contributed by atoms with Gasteiger partial charge in [0.2, 0.25) is 5.95 Å². The number of carbonyl (C=O) groups excluding carboxylic acids is 1. The standard InChI is InChI=1S/C21H30N6O2/c1-15-11-23-20(24-12-15)27-9-6-18(22-13-16-4-5-16)21(14-27)10-17(25-29-21)19(28)26-7-2-3-8-26/h11-12,16,18,22H,2-10,13-14H2,1H3/t18-,21-/m0/s1. The highest BCUT2D eigenvalue weighted by molar-refractivity contribution is 6.39. The van der Waals surface area contributed by atoms with Crippen LogP contribution < -0.4 is 10.2 Å². The van der Waals surface area contributed by atoms with Gasteiger partial charge >= 0.3 is 0 Å². The van der Waals surface area contributed by atoms with Gasteiger partial charge in [0.25, 0.3) is 5.91 Å². The van der Waals surface area contributed by atoms with Crippen LogP contribution in [0.25, 0.3) is 0 Å². The van der Waals surface area contributed by atoms with Crippen molar-refractivity contribution >= 4 is 17.6 Å². The van der Waals surface area contributed by atoms with Gasteiger partial charge in [0.05, 0.1) is 12.6 Å². The van der Waals surface area contributed by atoms with Crippen LogP contribution in [0.5, 0.6) is 0 Å². The monoisotopic (exact) mass is 398 g/mol. The van der Waals surface area contributed by atoms with Crippen LogP contribution in [0.3, 0.4) is 0 Å². The maximum absolute atomic E-state index is 12.9. The second-order valence-electron chi connectivity index (χ2n) is 9.04. The highest BCUT2D eigenvalue weighted by Gasteiger charge is 2.52. The number of aromatic nitrogens is 2. The molecule has 2 atom stereocenters. The Morgan fingerprint density at radius 3 is 2.69 bits per heavy atom. The number of nitrogens with zero attached hydrogens (tertiary/aromatic N) is 5. The molecule has 1 aliphatic carbocycles. The minimum atomic E-state index is -0.536. The van der Waals surface area contributed by atoms with Gasteiger partial charge in [0, 0.05) is 38.4 Å². The van der Waals surface area contributed by atoms with Crippen LogP contribution in [0.1, 0.15) is 44.1 Å². The van der Waals surface area contributed by atoms with Crippen molar-refractivity contribution in [3.05, 3.63) is 18.0 Å². The second kappa shape index (κ2) is 7.55. The van der Waals surface area contributed by atoms with Crippen molar-refractivity contribution in [2.45, 2.75) is 57.1 Å². The van der Waals surface area contributed by atoms with Gasteiger partial charge in [-0.1, -0.05) is 5.16 Å². The minimum absolute atomic E-state index is 0.0454. The zero-order valence-electron chi connectivity index (χ0n) is 17.1. The third-order valence-electron chi connectivity index (χ3n) is 6.63. The van der Waals surface area contributed by atoms with Crippen LogP contribution >= 0.6 is 0 Å². The van der Waals surface area contributed by atoms with Crippen molar-refractivity contribution in [3.63, 3.8) is 0 Å². The van der Waals surface area contributed by atoms with E-state index < -0.39 is 5.60 Å². The lowest BCUT2D eigenvalue weighted by atomic mass is 9.83. The Hall–Kier alpha value is -2.22. The minimum Gasteiger partial charge on any atom is -0.385 e. The fourth-order valence-electron chi connectivity index (χ4n) is 4.68. The number of aryl methyl sites for hydroxylation is 1. The molecule has 8 heteroatoms. The molecule has 4 aliphatic rings. The Balaban J connectivity index is 1.33. The number of rotatable bonds is 5. The first-order chi connectivity index (χ1) is 14.1.